The third-order valence-electron chi connectivity index (χ3n) is 4.65. The molecule has 1 aromatic rings. The molecule has 2 aliphatic heterocycles. The molecular weight excluding hydrogens is 457 g/mol. The highest BCUT2D eigenvalue weighted by Crippen LogP contribution is 2.28. The van der Waals surface area contributed by atoms with Gasteiger partial charge in [0.2, 0.25) is 0 Å². The predicted octanol–water partition coefficient (Wildman–Crippen LogP) is 2.75. The molecule has 0 bridgehead atoms. The van der Waals surface area contributed by atoms with Gasteiger partial charge in [0, 0.05) is 39.3 Å². The van der Waals surface area contributed by atoms with Gasteiger partial charge in [0.1, 0.15) is 11.9 Å². The number of hydrogen-bond donors (Lipinski definition) is 2. The normalized spacial score (nSPS) is 19.7. The highest BCUT2D eigenvalue weighted by molar-refractivity contribution is 14.0. The molecule has 0 aromatic heterocycles. The van der Waals surface area contributed by atoms with Crippen molar-refractivity contribution in [3.63, 3.8) is 0 Å². The van der Waals surface area contributed by atoms with Crippen molar-refractivity contribution in [1.82, 2.24) is 10.6 Å². The van der Waals surface area contributed by atoms with Crippen LogP contribution >= 0.6 is 24.0 Å². The lowest BCUT2D eigenvalue weighted by atomic mass is 10.1. The van der Waals surface area contributed by atoms with Crippen LogP contribution in [0.1, 0.15) is 31.7 Å². The lowest BCUT2D eigenvalue weighted by Crippen LogP contribution is -2.39. The first kappa shape index (κ1) is 22.2. The van der Waals surface area contributed by atoms with E-state index in [4.69, 9.17) is 14.2 Å². The van der Waals surface area contributed by atoms with Crippen LogP contribution in [0.2, 0.25) is 0 Å². The summed E-state index contributed by atoms with van der Waals surface area (Å²) in [5.74, 6) is 1.84. The van der Waals surface area contributed by atoms with E-state index in [1.54, 1.807) is 0 Å². The first-order valence-electron chi connectivity index (χ1n) is 9.81. The van der Waals surface area contributed by atoms with Gasteiger partial charge in [-0.05, 0) is 37.8 Å². The van der Waals surface area contributed by atoms with E-state index in [1.165, 1.54) is 5.56 Å². The van der Waals surface area contributed by atoms with Crippen LogP contribution in [0.3, 0.4) is 0 Å². The Labute approximate surface area is 179 Å². The Hall–Kier alpha value is -1.06. The van der Waals surface area contributed by atoms with Crippen molar-refractivity contribution in [2.45, 2.75) is 44.8 Å². The largest absolute Gasteiger partial charge is 0.488 e. The molecule has 7 heteroatoms. The smallest absolute Gasteiger partial charge is 0.191 e. The lowest BCUT2D eigenvalue weighted by Gasteiger charge is -2.22. The monoisotopic (exact) mass is 489 g/mol. The first-order valence-corrected chi connectivity index (χ1v) is 9.81. The van der Waals surface area contributed by atoms with Gasteiger partial charge in [0.15, 0.2) is 5.96 Å². The minimum absolute atomic E-state index is 0. The van der Waals surface area contributed by atoms with Crippen molar-refractivity contribution in [2.24, 2.45) is 4.99 Å². The average Bonchev–Trinajstić information content (AvgIpc) is 3.09. The second kappa shape index (κ2) is 12.4. The minimum Gasteiger partial charge on any atom is -0.488 e. The van der Waals surface area contributed by atoms with Crippen molar-refractivity contribution < 1.29 is 14.2 Å². The molecule has 0 saturated carbocycles. The highest BCUT2D eigenvalue weighted by Gasteiger charge is 2.21. The number of aliphatic imine (C=N–C) groups is 1. The molecule has 0 spiro atoms. The molecular formula is C20H32IN3O3. The molecule has 0 radical (unpaired) electrons. The summed E-state index contributed by atoms with van der Waals surface area (Å²) in [4.78, 5) is 4.68. The zero-order valence-corrected chi connectivity index (χ0v) is 18.4. The maximum atomic E-state index is 5.95. The van der Waals surface area contributed by atoms with Gasteiger partial charge in [-0.2, -0.15) is 0 Å². The van der Waals surface area contributed by atoms with E-state index in [0.29, 0.717) is 12.6 Å². The topological polar surface area (TPSA) is 64.1 Å². The highest BCUT2D eigenvalue weighted by atomic mass is 127. The summed E-state index contributed by atoms with van der Waals surface area (Å²) < 4.78 is 17.2. The molecule has 2 heterocycles. The summed E-state index contributed by atoms with van der Waals surface area (Å²) in [5.41, 5.74) is 1.27. The summed E-state index contributed by atoms with van der Waals surface area (Å²) in [6.45, 7) is 6.85. The van der Waals surface area contributed by atoms with E-state index < -0.39 is 0 Å². The Kier molecular flexibility index (Phi) is 10.2. The van der Waals surface area contributed by atoms with Crippen LogP contribution in [-0.4, -0.2) is 57.6 Å². The summed E-state index contributed by atoms with van der Waals surface area (Å²) in [6.07, 6.45) is 4.42. The predicted molar refractivity (Wildman–Crippen MR) is 118 cm³/mol. The SMILES string of the molecule is CCNC(=NCC1Cc2ccccc2O1)NCCCOC1CCOCC1.I. The molecule has 1 fully saturated rings. The third-order valence-corrected chi connectivity index (χ3v) is 4.65. The van der Waals surface area contributed by atoms with Crippen LogP contribution < -0.4 is 15.4 Å². The zero-order chi connectivity index (χ0) is 18.0. The van der Waals surface area contributed by atoms with Crippen molar-refractivity contribution >= 4 is 29.9 Å². The Morgan fingerprint density at radius 1 is 1.22 bits per heavy atom. The second-order valence-electron chi connectivity index (χ2n) is 6.73. The quantitative estimate of drug-likeness (QED) is 0.255. The molecule has 152 valence electrons. The number of halogens is 1. The fourth-order valence-electron chi connectivity index (χ4n) is 3.26. The van der Waals surface area contributed by atoms with Gasteiger partial charge in [0.05, 0.1) is 12.6 Å². The molecule has 0 aliphatic carbocycles. The molecule has 1 atom stereocenters. The standard InChI is InChI=1S/C20H31N3O3.HI/c1-2-21-20(22-10-5-11-25-17-8-12-24-13-9-17)23-15-18-14-16-6-3-4-7-19(16)26-18;/h3-4,6-7,17-18H,2,5,8-15H2,1H3,(H2,21,22,23);1H. The number of para-hydroxylation sites is 1. The number of rotatable bonds is 8. The third kappa shape index (κ3) is 7.46. The molecule has 2 aliphatic rings. The van der Waals surface area contributed by atoms with Crippen LogP contribution in [0.5, 0.6) is 5.75 Å². The lowest BCUT2D eigenvalue weighted by molar-refractivity contribution is -0.0320. The van der Waals surface area contributed by atoms with Gasteiger partial charge in [-0.1, -0.05) is 18.2 Å². The number of nitrogens with zero attached hydrogens (tertiary/aromatic N) is 1. The van der Waals surface area contributed by atoms with E-state index in [1.807, 2.05) is 12.1 Å². The number of ether oxygens (including phenoxy) is 3. The first-order chi connectivity index (χ1) is 12.8. The molecule has 1 saturated heterocycles. The number of fused-ring (bicyclic) bond motifs is 1. The van der Waals surface area contributed by atoms with Crippen molar-refractivity contribution in [2.75, 3.05) is 39.5 Å². The fraction of sp³-hybridized carbons (Fsp3) is 0.650. The van der Waals surface area contributed by atoms with Gasteiger partial charge in [-0.25, -0.2) is 4.99 Å². The Morgan fingerprint density at radius 2 is 2.04 bits per heavy atom. The molecule has 1 unspecified atom stereocenters. The zero-order valence-electron chi connectivity index (χ0n) is 16.1. The second-order valence-corrected chi connectivity index (χ2v) is 6.73. The maximum Gasteiger partial charge on any atom is 0.191 e. The van der Waals surface area contributed by atoms with Crippen molar-refractivity contribution in [3.8, 4) is 5.75 Å². The van der Waals surface area contributed by atoms with E-state index in [0.717, 1.165) is 70.3 Å². The van der Waals surface area contributed by atoms with E-state index in [9.17, 15) is 0 Å². The molecule has 27 heavy (non-hydrogen) atoms. The summed E-state index contributed by atoms with van der Waals surface area (Å²) in [7, 11) is 0. The Balaban J connectivity index is 0.00000261. The molecule has 2 N–H and O–H groups in total. The summed E-state index contributed by atoms with van der Waals surface area (Å²) >= 11 is 0. The van der Waals surface area contributed by atoms with E-state index in [-0.39, 0.29) is 30.1 Å². The number of guanidine groups is 1. The molecule has 6 nitrogen and oxygen atoms in total. The van der Waals surface area contributed by atoms with Crippen LogP contribution in [0.15, 0.2) is 29.3 Å². The summed E-state index contributed by atoms with van der Waals surface area (Å²) in [6, 6.07) is 8.22. The van der Waals surface area contributed by atoms with E-state index >= 15 is 0 Å². The van der Waals surface area contributed by atoms with Gasteiger partial charge in [-0.15, -0.1) is 24.0 Å². The van der Waals surface area contributed by atoms with Crippen LogP contribution in [0.25, 0.3) is 0 Å². The molecule has 0 amide bonds. The Morgan fingerprint density at radius 3 is 2.81 bits per heavy atom. The summed E-state index contributed by atoms with van der Waals surface area (Å²) in [5, 5.41) is 6.68. The van der Waals surface area contributed by atoms with Crippen molar-refractivity contribution in [1.29, 1.82) is 0 Å². The van der Waals surface area contributed by atoms with Crippen LogP contribution in [0.4, 0.5) is 0 Å². The molecule has 3 rings (SSSR count). The number of benzene rings is 1. The van der Waals surface area contributed by atoms with Crippen LogP contribution in [0, 0.1) is 0 Å². The van der Waals surface area contributed by atoms with Gasteiger partial charge in [0.25, 0.3) is 0 Å². The maximum absolute atomic E-state index is 5.95. The number of nitrogens with one attached hydrogen (secondary N) is 2. The van der Waals surface area contributed by atoms with E-state index in [2.05, 4.69) is 34.7 Å². The molecule has 1 aromatic carbocycles. The van der Waals surface area contributed by atoms with Gasteiger partial charge >= 0.3 is 0 Å². The van der Waals surface area contributed by atoms with Crippen molar-refractivity contribution in [3.05, 3.63) is 29.8 Å². The van der Waals surface area contributed by atoms with Gasteiger partial charge < -0.3 is 24.8 Å². The Bertz CT molecular complexity index is 554. The van der Waals surface area contributed by atoms with Crippen LogP contribution in [-0.2, 0) is 15.9 Å². The van der Waals surface area contributed by atoms with Gasteiger partial charge in [-0.3, -0.25) is 0 Å². The fourth-order valence-corrected chi connectivity index (χ4v) is 3.26. The average molecular weight is 489 g/mol. The number of hydrogen-bond acceptors (Lipinski definition) is 4. The minimum atomic E-state index is 0.